The summed E-state index contributed by atoms with van der Waals surface area (Å²) < 4.78 is 5.63. The lowest BCUT2D eigenvalue weighted by Gasteiger charge is -2.25. The first-order valence-corrected chi connectivity index (χ1v) is 10.1. The Kier molecular flexibility index (Phi) is 5.34. The van der Waals surface area contributed by atoms with Crippen LogP contribution < -0.4 is 10.6 Å². The van der Waals surface area contributed by atoms with Gasteiger partial charge in [0.15, 0.2) is 5.96 Å². The molecule has 0 aromatic heterocycles. The Morgan fingerprint density at radius 2 is 2.26 bits per heavy atom. The highest BCUT2D eigenvalue weighted by atomic mass is 16.5. The number of likely N-dealkylation sites (tertiary alicyclic amines) is 1. The summed E-state index contributed by atoms with van der Waals surface area (Å²) in [5.74, 6) is 1.30. The Hall–Kier alpha value is -2.08. The quantitative estimate of drug-likeness (QED) is 0.632. The fraction of sp³-hybridized carbons (Fsp3) is 0.619. The molecule has 1 saturated carbocycles. The zero-order valence-electron chi connectivity index (χ0n) is 16.2. The zero-order valence-corrected chi connectivity index (χ0v) is 16.2. The van der Waals surface area contributed by atoms with Gasteiger partial charge in [0.25, 0.3) is 0 Å². The van der Waals surface area contributed by atoms with Crippen LogP contribution in [0.4, 0.5) is 5.69 Å². The van der Waals surface area contributed by atoms with E-state index < -0.39 is 0 Å². The van der Waals surface area contributed by atoms with Crippen LogP contribution in [0.15, 0.2) is 29.3 Å². The van der Waals surface area contributed by atoms with Gasteiger partial charge in [0.1, 0.15) is 0 Å². The number of hydrogen-bond donors (Lipinski definition) is 2. The van der Waals surface area contributed by atoms with E-state index in [1.807, 2.05) is 25.2 Å². The van der Waals surface area contributed by atoms with Crippen molar-refractivity contribution >= 4 is 17.6 Å². The van der Waals surface area contributed by atoms with Gasteiger partial charge in [-0.15, -0.1) is 0 Å². The maximum absolute atomic E-state index is 12.2. The SMILES string of the molecule is CN=C(NCc1cccc(NC(=O)C2CCC2)c1)N1CCC2(CCOC2)C1. The number of amides is 1. The maximum Gasteiger partial charge on any atom is 0.227 e. The molecule has 0 bridgehead atoms. The second kappa shape index (κ2) is 7.89. The minimum absolute atomic E-state index is 0.156. The predicted molar refractivity (Wildman–Crippen MR) is 107 cm³/mol. The van der Waals surface area contributed by atoms with Crippen LogP contribution >= 0.6 is 0 Å². The summed E-state index contributed by atoms with van der Waals surface area (Å²) in [4.78, 5) is 19.0. The van der Waals surface area contributed by atoms with Gasteiger partial charge in [-0.1, -0.05) is 18.6 Å². The van der Waals surface area contributed by atoms with Crippen LogP contribution in [-0.2, 0) is 16.1 Å². The topological polar surface area (TPSA) is 66.0 Å². The normalized spacial score (nSPS) is 25.7. The Bertz CT molecular complexity index is 708. The van der Waals surface area contributed by atoms with Crippen molar-refractivity contribution in [3.05, 3.63) is 29.8 Å². The molecule has 2 heterocycles. The zero-order chi connectivity index (χ0) is 18.7. The molecular formula is C21H30N4O2. The Morgan fingerprint density at radius 1 is 1.37 bits per heavy atom. The van der Waals surface area contributed by atoms with Crippen LogP contribution in [0.25, 0.3) is 0 Å². The van der Waals surface area contributed by atoms with Gasteiger partial charge in [-0.2, -0.15) is 0 Å². The largest absolute Gasteiger partial charge is 0.381 e. The molecule has 6 heteroatoms. The third-order valence-electron chi connectivity index (χ3n) is 6.26. The van der Waals surface area contributed by atoms with Crippen LogP contribution in [0.5, 0.6) is 0 Å². The van der Waals surface area contributed by atoms with E-state index in [2.05, 4.69) is 26.6 Å². The van der Waals surface area contributed by atoms with E-state index in [1.165, 1.54) is 12.8 Å². The summed E-state index contributed by atoms with van der Waals surface area (Å²) in [5.41, 5.74) is 2.34. The number of nitrogens with one attached hydrogen (secondary N) is 2. The van der Waals surface area contributed by atoms with E-state index in [0.717, 1.165) is 62.8 Å². The lowest BCUT2D eigenvalue weighted by atomic mass is 9.85. The highest BCUT2D eigenvalue weighted by molar-refractivity contribution is 5.93. The minimum atomic E-state index is 0.156. The first kappa shape index (κ1) is 18.3. The molecule has 1 aliphatic carbocycles. The van der Waals surface area contributed by atoms with E-state index in [9.17, 15) is 4.79 Å². The summed E-state index contributed by atoms with van der Waals surface area (Å²) in [6, 6.07) is 8.08. The molecule has 0 radical (unpaired) electrons. The van der Waals surface area contributed by atoms with Crippen molar-refractivity contribution in [1.82, 2.24) is 10.2 Å². The van der Waals surface area contributed by atoms with Gasteiger partial charge in [-0.25, -0.2) is 0 Å². The summed E-state index contributed by atoms with van der Waals surface area (Å²) in [6.45, 7) is 4.51. The molecule has 146 valence electrons. The minimum Gasteiger partial charge on any atom is -0.381 e. The number of carbonyl (C=O) groups excluding carboxylic acids is 1. The number of anilines is 1. The van der Waals surface area contributed by atoms with Gasteiger partial charge in [0.2, 0.25) is 5.91 Å². The van der Waals surface area contributed by atoms with Gasteiger partial charge < -0.3 is 20.3 Å². The standard InChI is InChI=1S/C21H30N4O2/c1-22-20(25-10-8-21(14-25)9-11-27-15-21)23-13-16-4-2-7-18(12-16)24-19(26)17-5-3-6-17/h2,4,7,12,17H,3,5-6,8-11,13-15H2,1H3,(H,22,23)(H,24,26). The summed E-state index contributed by atoms with van der Waals surface area (Å²) in [5, 5.41) is 6.53. The summed E-state index contributed by atoms with van der Waals surface area (Å²) in [6.07, 6.45) is 5.54. The number of aliphatic imine (C=N–C) groups is 1. The molecule has 1 unspecified atom stereocenters. The smallest absolute Gasteiger partial charge is 0.227 e. The monoisotopic (exact) mass is 370 g/mol. The number of rotatable bonds is 4. The molecule has 1 spiro atoms. The van der Waals surface area contributed by atoms with Crippen molar-refractivity contribution in [1.29, 1.82) is 0 Å². The van der Waals surface area contributed by atoms with Crippen molar-refractivity contribution in [2.45, 2.75) is 38.6 Å². The molecule has 1 atom stereocenters. The van der Waals surface area contributed by atoms with Gasteiger partial charge in [-0.05, 0) is 43.4 Å². The van der Waals surface area contributed by atoms with Crippen molar-refractivity contribution in [2.24, 2.45) is 16.3 Å². The van der Waals surface area contributed by atoms with Crippen molar-refractivity contribution in [3.63, 3.8) is 0 Å². The van der Waals surface area contributed by atoms with E-state index in [-0.39, 0.29) is 11.8 Å². The molecular weight excluding hydrogens is 340 g/mol. The van der Waals surface area contributed by atoms with Crippen LogP contribution in [-0.4, -0.2) is 50.1 Å². The number of benzene rings is 1. The molecule has 6 nitrogen and oxygen atoms in total. The maximum atomic E-state index is 12.2. The molecule has 3 aliphatic rings. The van der Waals surface area contributed by atoms with Crippen LogP contribution in [0, 0.1) is 11.3 Å². The van der Waals surface area contributed by atoms with Gasteiger partial charge in [0, 0.05) is 50.3 Å². The second-order valence-electron chi connectivity index (χ2n) is 8.19. The fourth-order valence-corrected chi connectivity index (χ4v) is 4.27. The van der Waals surface area contributed by atoms with E-state index in [0.29, 0.717) is 12.0 Å². The van der Waals surface area contributed by atoms with Crippen molar-refractivity contribution in [3.8, 4) is 0 Å². The Labute approximate surface area is 161 Å². The highest BCUT2D eigenvalue weighted by Gasteiger charge is 2.42. The molecule has 27 heavy (non-hydrogen) atoms. The first-order chi connectivity index (χ1) is 13.2. The Balaban J connectivity index is 1.32. The molecule has 1 aromatic carbocycles. The van der Waals surface area contributed by atoms with Crippen molar-refractivity contribution < 1.29 is 9.53 Å². The summed E-state index contributed by atoms with van der Waals surface area (Å²) >= 11 is 0. The van der Waals surface area contributed by atoms with E-state index >= 15 is 0 Å². The molecule has 2 saturated heterocycles. The predicted octanol–water partition coefficient (Wildman–Crippen LogP) is 2.61. The van der Waals surface area contributed by atoms with Gasteiger partial charge in [-0.3, -0.25) is 9.79 Å². The lowest BCUT2D eigenvalue weighted by Crippen LogP contribution is -2.41. The first-order valence-electron chi connectivity index (χ1n) is 10.1. The number of carbonyl (C=O) groups is 1. The van der Waals surface area contributed by atoms with Crippen LogP contribution in [0.2, 0.25) is 0 Å². The van der Waals surface area contributed by atoms with E-state index in [1.54, 1.807) is 0 Å². The molecule has 4 rings (SSSR count). The fourth-order valence-electron chi connectivity index (χ4n) is 4.27. The number of nitrogens with zero attached hydrogens (tertiary/aromatic N) is 2. The number of hydrogen-bond acceptors (Lipinski definition) is 3. The molecule has 3 fully saturated rings. The Morgan fingerprint density at radius 3 is 2.96 bits per heavy atom. The average Bonchev–Trinajstić information content (AvgIpc) is 3.25. The van der Waals surface area contributed by atoms with Crippen LogP contribution in [0.3, 0.4) is 0 Å². The second-order valence-corrected chi connectivity index (χ2v) is 8.19. The number of ether oxygens (including phenoxy) is 1. The third kappa shape index (κ3) is 4.10. The van der Waals surface area contributed by atoms with Gasteiger partial charge >= 0.3 is 0 Å². The lowest BCUT2D eigenvalue weighted by molar-refractivity contribution is -0.122. The van der Waals surface area contributed by atoms with Gasteiger partial charge in [0.05, 0.1) is 6.61 Å². The van der Waals surface area contributed by atoms with E-state index in [4.69, 9.17) is 4.74 Å². The highest BCUT2D eigenvalue weighted by Crippen LogP contribution is 2.38. The number of guanidine groups is 1. The summed E-state index contributed by atoms with van der Waals surface area (Å²) in [7, 11) is 1.84. The van der Waals surface area contributed by atoms with Crippen molar-refractivity contribution in [2.75, 3.05) is 38.7 Å². The van der Waals surface area contributed by atoms with Crippen LogP contribution in [0.1, 0.15) is 37.7 Å². The third-order valence-corrected chi connectivity index (χ3v) is 6.26. The molecule has 1 amide bonds. The molecule has 2 aliphatic heterocycles. The molecule has 1 aromatic rings. The average molecular weight is 370 g/mol. The molecule has 2 N–H and O–H groups in total.